The molecule has 8 heteroatoms. The lowest BCUT2D eigenvalue weighted by molar-refractivity contribution is -0.196. The minimum Gasteiger partial charge on any atom is -0.336 e. The maximum atomic E-state index is 11.7. The molecule has 0 bridgehead atoms. The quantitative estimate of drug-likeness (QED) is 0.854. The summed E-state index contributed by atoms with van der Waals surface area (Å²) in [5, 5.41) is 0.467. The largest absolute Gasteiger partial charge is 0.338 e. The van der Waals surface area contributed by atoms with Crippen LogP contribution in [0.5, 0.6) is 0 Å². The molecule has 0 aromatic heterocycles. The van der Waals surface area contributed by atoms with E-state index in [0.29, 0.717) is 23.4 Å². The van der Waals surface area contributed by atoms with E-state index in [1.165, 1.54) is 7.05 Å². The summed E-state index contributed by atoms with van der Waals surface area (Å²) in [6, 6.07) is 7.06. The normalized spacial score (nSPS) is 24.5. The first-order chi connectivity index (χ1) is 10.4. The number of benzene rings is 1. The molecule has 1 aliphatic rings. The van der Waals surface area contributed by atoms with Crippen molar-refractivity contribution in [2.24, 2.45) is 0 Å². The molecule has 124 valence electrons. The van der Waals surface area contributed by atoms with E-state index in [0.717, 1.165) is 0 Å². The van der Waals surface area contributed by atoms with Crippen LogP contribution < -0.4 is 4.72 Å². The zero-order valence-corrected chi connectivity index (χ0v) is 14.3. The minimum absolute atomic E-state index is 0.467. The van der Waals surface area contributed by atoms with Crippen molar-refractivity contribution < 1.29 is 22.1 Å². The predicted octanol–water partition coefficient (Wildman–Crippen LogP) is 2.75. The first-order valence-corrected chi connectivity index (χ1v) is 8.87. The zero-order chi connectivity index (χ0) is 16.4. The van der Waals surface area contributed by atoms with E-state index in [2.05, 4.69) is 4.72 Å². The molecule has 1 aromatic rings. The van der Waals surface area contributed by atoms with Gasteiger partial charge in [-0.25, -0.2) is 4.18 Å². The molecule has 0 saturated carbocycles. The first-order valence-electron chi connectivity index (χ1n) is 7.08. The van der Waals surface area contributed by atoms with Gasteiger partial charge in [-0.1, -0.05) is 43.6 Å². The summed E-state index contributed by atoms with van der Waals surface area (Å²) in [6.45, 7) is 3.81. The molecule has 2 atom stereocenters. The van der Waals surface area contributed by atoms with Crippen molar-refractivity contribution in [3.8, 4) is 0 Å². The lowest BCUT2D eigenvalue weighted by Crippen LogP contribution is -2.32. The third kappa shape index (κ3) is 3.61. The molecule has 2 unspecified atom stereocenters. The molecule has 0 aliphatic carbocycles. The Morgan fingerprint density at radius 3 is 2.45 bits per heavy atom. The van der Waals surface area contributed by atoms with Gasteiger partial charge < -0.3 is 9.47 Å². The van der Waals surface area contributed by atoms with E-state index in [1.807, 2.05) is 13.8 Å². The van der Waals surface area contributed by atoms with Crippen molar-refractivity contribution in [1.82, 2.24) is 4.72 Å². The summed E-state index contributed by atoms with van der Waals surface area (Å²) in [5.74, 6) is -0.891. The van der Waals surface area contributed by atoms with E-state index < -0.39 is 28.5 Å². The van der Waals surface area contributed by atoms with Crippen LogP contribution in [0.2, 0.25) is 5.02 Å². The molecule has 6 nitrogen and oxygen atoms in total. The fourth-order valence-electron chi connectivity index (χ4n) is 2.33. The third-order valence-electron chi connectivity index (χ3n) is 3.68. The van der Waals surface area contributed by atoms with Crippen LogP contribution >= 0.6 is 11.6 Å². The molecule has 2 rings (SSSR count). The number of ether oxygens (including phenoxy) is 2. The van der Waals surface area contributed by atoms with Gasteiger partial charge in [0.2, 0.25) is 6.29 Å². The van der Waals surface area contributed by atoms with Crippen molar-refractivity contribution in [3.63, 3.8) is 0 Å². The molecule has 1 aromatic carbocycles. The zero-order valence-electron chi connectivity index (χ0n) is 12.7. The molecule has 0 radical (unpaired) electrons. The van der Waals surface area contributed by atoms with Crippen LogP contribution in [0.3, 0.4) is 0 Å². The van der Waals surface area contributed by atoms with E-state index in [-0.39, 0.29) is 0 Å². The van der Waals surface area contributed by atoms with Crippen molar-refractivity contribution in [3.05, 3.63) is 34.9 Å². The number of hydrogen-bond donors (Lipinski definition) is 1. The number of nitrogens with one attached hydrogen (secondary N) is 1. The van der Waals surface area contributed by atoms with E-state index in [4.69, 9.17) is 25.3 Å². The van der Waals surface area contributed by atoms with E-state index in [1.54, 1.807) is 24.3 Å². The molecule has 1 fully saturated rings. The van der Waals surface area contributed by atoms with Crippen molar-refractivity contribution >= 4 is 21.9 Å². The summed E-state index contributed by atoms with van der Waals surface area (Å²) in [7, 11) is -2.65. The second-order valence-corrected chi connectivity index (χ2v) is 6.83. The fourth-order valence-corrected chi connectivity index (χ4v) is 3.06. The molecule has 1 heterocycles. The van der Waals surface area contributed by atoms with Gasteiger partial charge in [-0.2, -0.15) is 13.1 Å². The van der Waals surface area contributed by atoms with Gasteiger partial charge in [0, 0.05) is 17.6 Å². The topological polar surface area (TPSA) is 73.9 Å². The van der Waals surface area contributed by atoms with Gasteiger partial charge in [0.05, 0.1) is 0 Å². The lowest BCUT2D eigenvalue weighted by Gasteiger charge is -2.24. The Bertz CT molecular complexity index is 617. The summed E-state index contributed by atoms with van der Waals surface area (Å²) >= 11 is 6.20. The molecule has 1 N–H and O–H groups in total. The summed E-state index contributed by atoms with van der Waals surface area (Å²) in [6.07, 6.45) is -0.706. The Labute approximate surface area is 136 Å². The molecule has 0 spiro atoms. The molecule has 1 aliphatic heterocycles. The van der Waals surface area contributed by atoms with Gasteiger partial charge in [0.1, 0.15) is 6.10 Å². The summed E-state index contributed by atoms with van der Waals surface area (Å²) in [4.78, 5) is 0. The van der Waals surface area contributed by atoms with Crippen LogP contribution in [0.25, 0.3) is 0 Å². The van der Waals surface area contributed by atoms with Crippen molar-refractivity contribution in [2.45, 2.75) is 44.9 Å². The van der Waals surface area contributed by atoms with Crippen LogP contribution in [0.1, 0.15) is 38.4 Å². The Hall–Kier alpha value is -0.700. The minimum atomic E-state index is -3.92. The standard InChI is InChI=1S/C14H20ClNO5S/c1-4-14(5-2)19-12(10-8-6-7-9-11(10)15)13(20-14)21-22(17,18)16-3/h6-9,12-13,16H,4-5H2,1-3H3. The van der Waals surface area contributed by atoms with Crippen LogP contribution in [0.15, 0.2) is 24.3 Å². The van der Waals surface area contributed by atoms with Crippen LogP contribution in [-0.4, -0.2) is 27.5 Å². The van der Waals surface area contributed by atoms with Crippen LogP contribution in [-0.2, 0) is 24.0 Å². The summed E-state index contributed by atoms with van der Waals surface area (Å²) in [5.41, 5.74) is 0.629. The number of halogens is 1. The van der Waals surface area contributed by atoms with Gasteiger partial charge in [-0.15, -0.1) is 0 Å². The van der Waals surface area contributed by atoms with Gasteiger partial charge in [0.25, 0.3) is 0 Å². The van der Waals surface area contributed by atoms with Gasteiger partial charge in [-0.05, 0) is 18.9 Å². The predicted molar refractivity (Wildman–Crippen MR) is 82.5 cm³/mol. The van der Waals surface area contributed by atoms with Gasteiger partial charge in [0.15, 0.2) is 5.79 Å². The maximum Gasteiger partial charge on any atom is 0.338 e. The van der Waals surface area contributed by atoms with E-state index in [9.17, 15) is 8.42 Å². The van der Waals surface area contributed by atoms with E-state index >= 15 is 0 Å². The monoisotopic (exact) mass is 349 g/mol. The average molecular weight is 350 g/mol. The Morgan fingerprint density at radius 2 is 1.91 bits per heavy atom. The highest BCUT2D eigenvalue weighted by molar-refractivity contribution is 7.84. The molecule has 0 amide bonds. The highest BCUT2D eigenvalue weighted by Gasteiger charge is 2.49. The fraction of sp³-hybridized carbons (Fsp3) is 0.571. The average Bonchev–Trinajstić information content (AvgIpc) is 2.86. The highest BCUT2D eigenvalue weighted by atomic mass is 35.5. The SMILES string of the molecule is CCC1(CC)OC(OS(=O)(=O)NC)C(c2ccccc2Cl)O1. The third-order valence-corrected chi connectivity index (χ3v) is 4.97. The molecule has 22 heavy (non-hydrogen) atoms. The van der Waals surface area contributed by atoms with Gasteiger partial charge in [-0.3, -0.25) is 0 Å². The highest BCUT2D eigenvalue weighted by Crippen LogP contribution is 2.44. The molecule has 1 saturated heterocycles. The smallest absolute Gasteiger partial charge is 0.336 e. The van der Waals surface area contributed by atoms with Crippen LogP contribution in [0, 0.1) is 0 Å². The summed E-state index contributed by atoms with van der Waals surface area (Å²) < 4.78 is 42.4. The lowest BCUT2D eigenvalue weighted by atomic mass is 10.1. The number of hydrogen-bond acceptors (Lipinski definition) is 5. The van der Waals surface area contributed by atoms with Crippen LogP contribution in [0.4, 0.5) is 0 Å². The van der Waals surface area contributed by atoms with Crippen molar-refractivity contribution in [2.75, 3.05) is 7.05 Å². The second kappa shape index (κ2) is 6.82. The van der Waals surface area contributed by atoms with Crippen molar-refractivity contribution in [1.29, 1.82) is 0 Å². The molecular weight excluding hydrogens is 330 g/mol. The maximum absolute atomic E-state index is 11.7. The second-order valence-electron chi connectivity index (χ2n) is 4.92. The Kier molecular flexibility index (Phi) is 5.47. The Morgan fingerprint density at radius 1 is 1.27 bits per heavy atom. The Balaban J connectivity index is 2.37. The first kappa shape index (κ1) is 17.7. The molecular formula is C14H20ClNO5S. The van der Waals surface area contributed by atoms with Gasteiger partial charge >= 0.3 is 10.3 Å². The number of rotatable bonds is 6.